The summed E-state index contributed by atoms with van der Waals surface area (Å²) < 4.78 is 7.72. The maximum Gasteiger partial charge on any atom is 0.255 e. The third-order valence-corrected chi connectivity index (χ3v) is 5.94. The molecule has 0 fully saturated rings. The highest BCUT2D eigenvalue weighted by atomic mass is 79.9. The zero-order valence-corrected chi connectivity index (χ0v) is 19.8. The Balaban J connectivity index is 1.81. The molecule has 3 N–H and O–H groups in total. The van der Waals surface area contributed by atoms with Crippen molar-refractivity contribution in [2.45, 2.75) is 33.7 Å². The van der Waals surface area contributed by atoms with E-state index in [4.69, 9.17) is 4.74 Å². The van der Waals surface area contributed by atoms with E-state index in [-0.39, 0.29) is 11.7 Å². The molecule has 9 heteroatoms. The first-order valence-corrected chi connectivity index (χ1v) is 11.0. The third-order valence-electron chi connectivity index (χ3n) is 5.34. The molecule has 0 radical (unpaired) electrons. The maximum atomic E-state index is 13.5. The highest BCUT2D eigenvalue weighted by Gasteiger charge is 2.34. The van der Waals surface area contributed by atoms with Crippen molar-refractivity contribution < 1.29 is 14.6 Å². The second-order valence-electron chi connectivity index (χ2n) is 7.65. The zero-order valence-electron chi connectivity index (χ0n) is 18.2. The van der Waals surface area contributed by atoms with Gasteiger partial charge in [0.2, 0.25) is 5.95 Å². The van der Waals surface area contributed by atoms with Crippen LogP contribution in [0.3, 0.4) is 0 Å². The van der Waals surface area contributed by atoms with Crippen LogP contribution in [0.1, 0.15) is 36.6 Å². The number of rotatable bonds is 5. The van der Waals surface area contributed by atoms with Crippen molar-refractivity contribution in [3.63, 3.8) is 0 Å². The van der Waals surface area contributed by atoms with Crippen LogP contribution in [0.25, 0.3) is 0 Å². The van der Waals surface area contributed by atoms with E-state index in [2.05, 4.69) is 36.6 Å². The van der Waals surface area contributed by atoms with Gasteiger partial charge in [-0.1, -0.05) is 17.7 Å². The van der Waals surface area contributed by atoms with Crippen LogP contribution in [-0.4, -0.2) is 32.4 Å². The van der Waals surface area contributed by atoms with Crippen LogP contribution < -0.4 is 15.4 Å². The summed E-state index contributed by atoms with van der Waals surface area (Å²) in [6.07, 6.45) is 1.44. The Kier molecular flexibility index (Phi) is 5.92. The van der Waals surface area contributed by atoms with E-state index in [0.717, 1.165) is 22.4 Å². The molecule has 1 amide bonds. The molecule has 3 aromatic rings. The minimum atomic E-state index is -0.574. The number of benzene rings is 2. The summed E-state index contributed by atoms with van der Waals surface area (Å²) in [6.45, 7) is 8.03. The monoisotopic (exact) mass is 497 g/mol. The van der Waals surface area contributed by atoms with Crippen molar-refractivity contribution >= 4 is 33.5 Å². The summed E-state index contributed by atoms with van der Waals surface area (Å²) in [4.78, 5) is 17.8. The molecule has 1 aliphatic rings. The molecule has 0 saturated heterocycles. The Bertz CT molecular complexity index is 1230. The second-order valence-corrected chi connectivity index (χ2v) is 8.50. The smallest absolute Gasteiger partial charge is 0.255 e. The molecule has 1 aliphatic heterocycles. The number of nitrogens with zero attached hydrogens (tertiary/aromatic N) is 3. The molecular weight excluding hydrogens is 474 g/mol. The van der Waals surface area contributed by atoms with Crippen molar-refractivity contribution in [1.29, 1.82) is 0 Å². The molecule has 0 unspecified atom stereocenters. The van der Waals surface area contributed by atoms with Crippen LogP contribution in [0.15, 0.2) is 52.4 Å². The van der Waals surface area contributed by atoms with Crippen molar-refractivity contribution in [2.75, 3.05) is 17.2 Å². The van der Waals surface area contributed by atoms with Crippen LogP contribution in [0, 0.1) is 13.8 Å². The molecule has 2 heterocycles. The van der Waals surface area contributed by atoms with Crippen LogP contribution in [0.4, 0.5) is 11.6 Å². The van der Waals surface area contributed by atoms with Crippen molar-refractivity contribution in [3.8, 4) is 11.5 Å². The van der Waals surface area contributed by atoms with Gasteiger partial charge in [0.25, 0.3) is 5.91 Å². The number of carbonyl (C=O) groups is 1. The molecule has 8 nitrogen and oxygen atoms in total. The summed E-state index contributed by atoms with van der Waals surface area (Å²) in [5.74, 6) is 0.599. The molecule has 0 aliphatic carbocycles. The van der Waals surface area contributed by atoms with Gasteiger partial charge in [0.05, 0.1) is 16.7 Å². The maximum absolute atomic E-state index is 13.5. The Morgan fingerprint density at radius 1 is 1.28 bits per heavy atom. The lowest BCUT2D eigenvalue weighted by Gasteiger charge is -2.29. The number of hydrogen-bond acceptors (Lipinski definition) is 6. The van der Waals surface area contributed by atoms with Gasteiger partial charge in [0.1, 0.15) is 12.4 Å². The summed E-state index contributed by atoms with van der Waals surface area (Å²) >= 11 is 3.40. The fraction of sp³-hybridized carbons (Fsp3) is 0.261. The zero-order chi connectivity index (χ0) is 23.0. The van der Waals surface area contributed by atoms with Crippen LogP contribution in [0.5, 0.6) is 11.5 Å². The standard InChI is InChI=1S/C23H24BrN5O3/c1-5-32-18-10-15(9-16(24)21(18)30)20-19(14(4)27-23-25-11-26-29(20)23)22(31)28-17-7-6-12(2)8-13(17)3/h6-11,20,30H,5H2,1-4H3,(H,28,31)(H,25,26,27)/t20-/m0/s1. The minimum Gasteiger partial charge on any atom is -0.503 e. The number of nitrogens with one attached hydrogen (secondary N) is 2. The van der Waals surface area contributed by atoms with Crippen LogP contribution in [-0.2, 0) is 4.79 Å². The summed E-state index contributed by atoms with van der Waals surface area (Å²) in [7, 11) is 0. The largest absolute Gasteiger partial charge is 0.503 e. The molecule has 32 heavy (non-hydrogen) atoms. The number of amides is 1. The quantitative estimate of drug-likeness (QED) is 0.472. The lowest BCUT2D eigenvalue weighted by Crippen LogP contribution is -2.31. The third kappa shape index (κ3) is 3.95. The SMILES string of the molecule is CCOc1cc([C@H]2C(C(=O)Nc3ccc(C)cc3C)=C(C)Nc3ncnn32)cc(Br)c1O. The summed E-state index contributed by atoms with van der Waals surface area (Å²) in [5.41, 5.74) is 4.72. The van der Waals surface area contributed by atoms with Gasteiger partial charge in [-0.15, -0.1) is 0 Å². The Morgan fingerprint density at radius 2 is 2.06 bits per heavy atom. The molecule has 4 rings (SSSR count). The van der Waals surface area contributed by atoms with Gasteiger partial charge >= 0.3 is 0 Å². The molecule has 166 valence electrons. The first-order valence-electron chi connectivity index (χ1n) is 10.2. The van der Waals surface area contributed by atoms with Crippen molar-refractivity contribution in [3.05, 3.63) is 69.1 Å². The number of fused-ring (bicyclic) bond motifs is 1. The lowest BCUT2D eigenvalue weighted by molar-refractivity contribution is -0.113. The van der Waals surface area contributed by atoms with E-state index in [1.807, 2.05) is 45.9 Å². The number of halogens is 1. The van der Waals surface area contributed by atoms with E-state index in [1.165, 1.54) is 6.33 Å². The predicted molar refractivity (Wildman–Crippen MR) is 126 cm³/mol. The van der Waals surface area contributed by atoms with Crippen molar-refractivity contribution in [2.24, 2.45) is 0 Å². The normalized spacial score (nSPS) is 15.2. The summed E-state index contributed by atoms with van der Waals surface area (Å²) in [5, 5.41) is 20.9. The number of carbonyl (C=O) groups excluding carboxylic acids is 1. The van der Waals surface area contributed by atoms with E-state index >= 15 is 0 Å². The van der Waals surface area contributed by atoms with Gasteiger partial charge in [0.15, 0.2) is 11.5 Å². The van der Waals surface area contributed by atoms with Gasteiger partial charge in [-0.2, -0.15) is 10.1 Å². The van der Waals surface area contributed by atoms with Gasteiger partial charge in [-0.25, -0.2) is 4.68 Å². The molecule has 2 aromatic carbocycles. The van der Waals surface area contributed by atoms with E-state index < -0.39 is 6.04 Å². The second kappa shape index (κ2) is 8.66. The van der Waals surface area contributed by atoms with Gasteiger partial charge in [-0.05, 0) is 73.0 Å². The Labute approximate surface area is 194 Å². The van der Waals surface area contributed by atoms with Gasteiger partial charge in [-0.3, -0.25) is 4.79 Å². The number of aromatic hydroxyl groups is 1. The number of hydrogen-bond donors (Lipinski definition) is 3. The highest BCUT2D eigenvalue weighted by Crippen LogP contribution is 2.42. The van der Waals surface area contributed by atoms with Crippen molar-refractivity contribution in [1.82, 2.24) is 14.8 Å². The number of anilines is 2. The van der Waals surface area contributed by atoms with Crippen LogP contribution >= 0.6 is 15.9 Å². The molecular formula is C23H24BrN5O3. The van der Waals surface area contributed by atoms with E-state index in [9.17, 15) is 9.90 Å². The average molecular weight is 498 g/mol. The first kappa shape index (κ1) is 21.9. The van der Waals surface area contributed by atoms with Gasteiger partial charge in [0, 0.05) is 11.4 Å². The predicted octanol–water partition coefficient (Wildman–Crippen LogP) is 4.69. The molecule has 0 bridgehead atoms. The highest BCUT2D eigenvalue weighted by molar-refractivity contribution is 9.10. The molecule has 0 spiro atoms. The number of aryl methyl sites for hydroxylation is 2. The molecule has 1 aromatic heterocycles. The van der Waals surface area contributed by atoms with Gasteiger partial charge < -0.3 is 20.5 Å². The topological polar surface area (TPSA) is 101 Å². The minimum absolute atomic E-state index is 0.00494. The number of allylic oxidation sites excluding steroid dienone is 1. The lowest BCUT2D eigenvalue weighted by atomic mass is 9.94. The Morgan fingerprint density at radius 3 is 2.78 bits per heavy atom. The fourth-order valence-corrected chi connectivity index (χ4v) is 4.31. The van der Waals surface area contributed by atoms with E-state index in [0.29, 0.717) is 34.0 Å². The Hall–Kier alpha value is -3.33. The van der Waals surface area contributed by atoms with Crippen LogP contribution in [0.2, 0.25) is 0 Å². The number of ether oxygens (including phenoxy) is 1. The fourth-order valence-electron chi connectivity index (χ4n) is 3.85. The van der Waals surface area contributed by atoms with E-state index in [1.54, 1.807) is 16.8 Å². The number of phenols is 1. The molecule has 1 atom stereocenters. The number of aromatic nitrogens is 3. The average Bonchev–Trinajstić information content (AvgIpc) is 3.20. The first-order chi connectivity index (χ1) is 15.3. The summed E-state index contributed by atoms with van der Waals surface area (Å²) in [6, 6.07) is 8.79. The number of phenolic OH excluding ortho intramolecular Hbond substituents is 1. The molecule has 0 saturated carbocycles.